The second-order valence-electron chi connectivity index (χ2n) is 7.89. The Morgan fingerprint density at radius 1 is 1.22 bits per heavy atom. The highest BCUT2D eigenvalue weighted by Crippen LogP contribution is 2.32. The lowest BCUT2D eigenvalue weighted by Gasteiger charge is -2.31. The van der Waals surface area contributed by atoms with Crippen molar-refractivity contribution in [3.8, 4) is 0 Å². The van der Waals surface area contributed by atoms with Gasteiger partial charge >= 0.3 is 0 Å². The predicted octanol–water partition coefficient (Wildman–Crippen LogP) is 5.07. The van der Waals surface area contributed by atoms with E-state index in [0.29, 0.717) is 22.6 Å². The zero-order valence-electron chi connectivity index (χ0n) is 15.4. The predicted molar refractivity (Wildman–Crippen MR) is 94.1 cm³/mol. The van der Waals surface area contributed by atoms with Crippen LogP contribution in [0.15, 0.2) is 18.2 Å². The fourth-order valence-corrected chi connectivity index (χ4v) is 2.88. The van der Waals surface area contributed by atoms with Crippen molar-refractivity contribution in [2.24, 2.45) is 5.92 Å². The number of carbonyl (C=O) groups excluding carboxylic acids is 1. The number of rotatable bonds is 7. The van der Waals surface area contributed by atoms with Gasteiger partial charge in [-0.3, -0.25) is 4.79 Å². The van der Waals surface area contributed by atoms with Crippen molar-refractivity contribution in [1.29, 1.82) is 0 Å². The Balaban J connectivity index is 2.99. The van der Waals surface area contributed by atoms with E-state index in [0.717, 1.165) is 11.1 Å². The Morgan fingerprint density at radius 3 is 2.35 bits per heavy atom. The molecule has 0 fully saturated rings. The average Bonchev–Trinajstić information content (AvgIpc) is 2.42. The molecule has 0 spiro atoms. The summed E-state index contributed by atoms with van der Waals surface area (Å²) in [6.45, 7) is 14.1. The number of hydrogen-bond donors (Lipinski definition) is 0. The molecular formula is C19H29FO2Si. The zero-order valence-corrected chi connectivity index (χ0v) is 16.4. The summed E-state index contributed by atoms with van der Waals surface area (Å²) in [5, 5.41) is 0.0678. The molecule has 1 rings (SSSR count). The smallest absolute Gasteiger partial charge is 0.236 e. The van der Waals surface area contributed by atoms with Crippen molar-refractivity contribution in [1.82, 2.24) is 0 Å². The summed E-state index contributed by atoms with van der Waals surface area (Å²) in [5.74, 6) is -0.00389. The third kappa shape index (κ3) is 6.56. The van der Waals surface area contributed by atoms with Gasteiger partial charge in [0, 0.05) is 12.3 Å². The molecule has 1 aromatic rings. The maximum atomic E-state index is 13.8. The summed E-state index contributed by atoms with van der Waals surface area (Å²) in [4.78, 5) is 11.9. The van der Waals surface area contributed by atoms with E-state index in [1.54, 1.807) is 12.1 Å². The second-order valence-corrected chi connectivity index (χ2v) is 9.80. The highest BCUT2D eigenvalue weighted by atomic mass is 28.2. The summed E-state index contributed by atoms with van der Waals surface area (Å²) < 4.78 is 19.9. The van der Waals surface area contributed by atoms with Crippen molar-refractivity contribution < 1.29 is 13.6 Å². The summed E-state index contributed by atoms with van der Waals surface area (Å²) in [5.41, 5.74) is 1.25. The van der Waals surface area contributed by atoms with Crippen LogP contribution in [-0.2, 0) is 21.2 Å². The Bertz CT molecular complexity index is 545. The second kappa shape index (κ2) is 7.71. The van der Waals surface area contributed by atoms with Gasteiger partial charge in [0.2, 0.25) is 9.76 Å². The lowest BCUT2D eigenvalue weighted by atomic mass is 9.89. The van der Waals surface area contributed by atoms with E-state index < -0.39 is 5.60 Å². The van der Waals surface area contributed by atoms with Crippen molar-refractivity contribution in [3.63, 3.8) is 0 Å². The fraction of sp³-hybridized carbons (Fsp3) is 0.632. The highest BCUT2D eigenvalue weighted by molar-refractivity contribution is 6.31. The molecular weight excluding hydrogens is 307 g/mol. The monoisotopic (exact) mass is 336 g/mol. The molecule has 0 heterocycles. The number of aryl methyl sites for hydroxylation is 1. The minimum absolute atomic E-state index is 0.0329. The molecule has 0 aliphatic rings. The Morgan fingerprint density at radius 2 is 1.83 bits per heavy atom. The Labute approximate surface area is 142 Å². The Hall–Kier alpha value is -1.00. The van der Waals surface area contributed by atoms with Crippen molar-refractivity contribution in [2.75, 3.05) is 0 Å². The van der Waals surface area contributed by atoms with Crippen LogP contribution in [0, 0.1) is 11.7 Å². The van der Waals surface area contributed by atoms with Gasteiger partial charge in [0.25, 0.3) is 0 Å². The van der Waals surface area contributed by atoms with Crippen molar-refractivity contribution >= 4 is 15.5 Å². The lowest BCUT2D eigenvalue weighted by Crippen LogP contribution is -2.29. The largest absolute Gasteiger partial charge is 0.408 e. The molecule has 1 aromatic carbocycles. The van der Waals surface area contributed by atoms with Crippen molar-refractivity contribution in [2.45, 2.75) is 71.9 Å². The van der Waals surface area contributed by atoms with Crippen LogP contribution in [0.4, 0.5) is 4.39 Å². The van der Waals surface area contributed by atoms with Crippen LogP contribution >= 0.6 is 0 Å². The standard InChI is InChI=1S/C19H29FO2Si/c1-13(2)17(21)11-9-14-8-10-15(20)12-16(14)19(6,7)22-23-18(3,4)5/h8,10,12-13H,9,11H2,1-7H3. The zero-order chi connectivity index (χ0) is 17.8. The van der Waals surface area contributed by atoms with E-state index in [1.165, 1.54) is 6.07 Å². The highest BCUT2D eigenvalue weighted by Gasteiger charge is 2.28. The summed E-state index contributed by atoms with van der Waals surface area (Å²) >= 11 is 0. The van der Waals surface area contributed by atoms with Crippen LogP contribution in [-0.4, -0.2) is 15.5 Å². The van der Waals surface area contributed by atoms with E-state index in [2.05, 4.69) is 20.8 Å². The first-order valence-electron chi connectivity index (χ1n) is 8.19. The maximum Gasteiger partial charge on any atom is 0.236 e. The van der Waals surface area contributed by atoms with Crippen LogP contribution in [0.5, 0.6) is 0 Å². The topological polar surface area (TPSA) is 26.3 Å². The SMILES string of the molecule is CC(C)C(=O)CCc1ccc(F)cc1C(C)(C)O[Si]C(C)(C)C. The van der Waals surface area contributed by atoms with Crippen LogP contribution < -0.4 is 0 Å². The normalized spacial score (nSPS) is 12.7. The van der Waals surface area contributed by atoms with E-state index in [-0.39, 0.29) is 22.6 Å². The molecule has 0 N–H and O–H groups in total. The van der Waals surface area contributed by atoms with Gasteiger partial charge in [-0.05, 0) is 48.6 Å². The van der Waals surface area contributed by atoms with Crippen molar-refractivity contribution in [3.05, 3.63) is 35.1 Å². The minimum atomic E-state index is -0.579. The number of ketones is 1. The quantitative estimate of drug-likeness (QED) is 0.650. The molecule has 0 bridgehead atoms. The Kier molecular flexibility index (Phi) is 6.72. The molecule has 0 atom stereocenters. The van der Waals surface area contributed by atoms with Crippen LogP contribution in [0.2, 0.25) is 5.04 Å². The van der Waals surface area contributed by atoms with E-state index in [1.807, 2.05) is 27.7 Å². The summed E-state index contributed by atoms with van der Waals surface area (Å²) in [6.07, 6.45) is 1.10. The molecule has 0 aliphatic carbocycles. The third-order valence-electron chi connectivity index (χ3n) is 3.62. The first-order chi connectivity index (χ1) is 10.4. The number of Topliss-reactive ketones (excluding diaryl/α,β-unsaturated/α-hetero) is 1. The lowest BCUT2D eigenvalue weighted by molar-refractivity contribution is -0.121. The van der Waals surface area contributed by atoms with Gasteiger partial charge in [-0.2, -0.15) is 0 Å². The van der Waals surface area contributed by atoms with E-state index in [9.17, 15) is 9.18 Å². The average molecular weight is 337 g/mol. The van der Waals surface area contributed by atoms with E-state index >= 15 is 0 Å². The van der Waals surface area contributed by atoms with Gasteiger partial charge in [0.1, 0.15) is 11.6 Å². The maximum absolute atomic E-state index is 13.8. The van der Waals surface area contributed by atoms with Crippen LogP contribution in [0.3, 0.4) is 0 Å². The van der Waals surface area contributed by atoms with Gasteiger partial charge in [0.15, 0.2) is 0 Å². The van der Waals surface area contributed by atoms with Crippen LogP contribution in [0.1, 0.15) is 66.0 Å². The van der Waals surface area contributed by atoms with Gasteiger partial charge in [-0.15, -0.1) is 0 Å². The molecule has 0 aromatic heterocycles. The molecule has 0 aliphatic heterocycles. The summed E-state index contributed by atoms with van der Waals surface area (Å²) in [6, 6.07) is 4.78. The van der Waals surface area contributed by atoms with Crippen LogP contribution in [0.25, 0.3) is 0 Å². The molecule has 128 valence electrons. The molecule has 23 heavy (non-hydrogen) atoms. The molecule has 0 saturated carbocycles. The van der Waals surface area contributed by atoms with Gasteiger partial charge < -0.3 is 4.43 Å². The van der Waals surface area contributed by atoms with Gasteiger partial charge in [-0.1, -0.05) is 40.7 Å². The first kappa shape index (κ1) is 20.0. The minimum Gasteiger partial charge on any atom is -0.408 e. The molecule has 2 radical (unpaired) electrons. The third-order valence-corrected chi connectivity index (χ3v) is 4.84. The molecule has 0 amide bonds. The van der Waals surface area contributed by atoms with Gasteiger partial charge in [0.05, 0.1) is 5.60 Å². The number of hydrogen-bond acceptors (Lipinski definition) is 2. The number of halogens is 1. The molecule has 2 nitrogen and oxygen atoms in total. The fourth-order valence-electron chi connectivity index (χ4n) is 2.21. The van der Waals surface area contributed by atoms with Gasteiger partial charge in [-0.25, -0.2) is 4.39 Å². The molecule has 0 unspecified atom stereocenters. The first-order valence-corrected chi connectivity index (χ1v) is 9.10. The molecule has 4 heteroatoms. The molecule has 0 saturated heterocycles. The number of carbonyl (C=O) groups is 1. The van der Waals surface area contributed by atoms with E-state index in [4.69, 9.17) is 4.43 Å². The number of benzene rings is 1. The summed E-state index contributed by atoms with van der Waals surface area (Å²) in [7, 11) is 0.316.